The van der Waals surface area contributed by atoms with Gasteiger partial charge in [0.2, 0.25) is 0 Å². The number of benzene rings is 5. The molecule has 0 saturated carbocycles. The maximum Gasteiger partial charge on any atom is 0.264 e. The van der Waals surface area contributed by atoms with E-state index in [1.54, 1.807) is 24.3 Å². The van der Waals surface area contributed by atoms with Crippen LogP contribution in [0.15, 0.2) is 126 Å². The Bertz CT molecular complexity index is 1790. The summed E-state index contributed by atoms with van der Waals surface area (Å²) < 4.78 is 35.7. The van der Waals surface area contributed by atoms with Crippen molar-refractivity contribution in [2.75, 3.05) is 22.6 Å². The molecule has 0 bridgehead atoms. The molecule has 0 saturated heterocycles. The molecule has 0 unspecified atom stereocenters. The Labute approximate surface area is 245 Å². The highest BCUT2D eigenvalue weighted by Crippen LogP contribution is 2.31. The van der Waals surface area contributed by atoms with Crippen LogP contribution in [-0.4, -0.2) is 25.9 Å². The molecule has 8 nitrogen and oxygen atoms in total. The summed E-state index contributed by atoms with van der Waals surface area (Å²) in [5.41, 5.74) is 6.80. The van der Waals surface area contributed by atoms with Crippen LogP contribution in [0, 0.1) is 6.92 Å². The Balaban J connectivity index is 1.37. The highest BCUT2D eigenvalue weighted by atomic mass is 32.2. The number of quaternary nitrogens is 1. The molecular weight excluding hydrogens is 548 g/mol. The summed E-state index contributed by atoms with van der Waals surface area (Å²) in [5, 5.41) is 8.58. The molecule has 5 aromatic carbocycles. The Morgan fingerprint density at radius 2 is 1.17 bits per heavy atom. The molecule has 0 aliphatic heterocycles. The first-order valence-electron chi connectivity index (χ1n) is 13.3. The van der Waals surface area contributed by atoms with E-state index in [9.17, 15) is 17.8 Å². The maximum absolute atomic E-state index is 13.8. The Morgan fingerprint density at radius 1 is 0.690 bits per heavy atom. The molecule has 212 valence electrons. The van der Waals surface area contributed by atoms with E-state index in [-0.39, 0.29) is 5.56 Å². The van der Waals surface area contributed by atoms with Crippen molar-refractivity contribution in [3.8, 4) is 0 Å². The van der Waals surface area contributed by atoms with Crippen molar-refractivity contribution in [3.05, 3.63) is 132 Å². The molecular formula is C33H30N4O4S. The van der Waals surface area contributed by atoms with E-state index in [1.165, 1.54) is 23.1 Å². The topological polar surface area (TPSA) is 118 Å². The van der Waals surface area contributed by atoms with E-state index in [1.807, 2.05) is 74.6 Å². The van der Waals surface area contributed by atoms with E-state index in [4.69, 9.17) is 0 Å². The molecule has 5 rings (SSSR count). The van der Waals surface area contributed by atoms with Crippen LogP contribution in [0.25, 0.3) is 0 Å². The second-order valence-electron chi connectivity index (χ2n) is 9.74. The number of carbonyl (C=O) groups excluding carboxylic acids is 1. The zero-order valence-corrected chi connectivity index (χ0v) is 23.9. The summed E-state index contributed by atoms with van der Waals surface area (Å²) in [6, 6.07) is 36.2. The Morgan fingerprint density at radius 3 is 1.69 bits per heavy atom. The summed E-state index contributed by atoms with van der Waals surface area (Å²) in [6.07, 6.45) is 0. The van der Waals surface area contributed by atoms with Crippen molar-refractivity contribution in [1.82, 2.24) is 0 Å². The minimum atomic E-state index is -4.86. The van der Waals surface area contributed by atoms with Gasteiger partial charge in [0.1, 0.15) is 21.5 Å². The fourth-order valence-electron chi connectivity index (χ4n) is 4.52. The number of anilines is 5. The molecule has 9 heteroatoms. The fourth-order valence-corrected chi connectivity index (χ4v) is 5.19. The van der Waals surface area contributed by atoms with Gasteiger partial charge in [0.25, 0.3) is 5.91 Å². The van der Waals surface area contributed by atoms with Gasteiger partial charge in [0, 0.05) is 59.8 Å². The molecule has 1 amide bonds. The van der Waals surface area contributed by atoms with Crippen LogP contribution in [-0.2, 0) is 10.1 Å². The molecule has 0 aromatic heterocycles. The van der Waals surface area contributed by atoms with Crippen LogP contribution in [0.5, 0.6) is 0 Å². The van der Waals surface area contributed by atoms with E-state index in [2.05, 4.69) is 28.1 Å². The summed E-state index contributed by atoms with van der Waals surface area (Å²) in [6.45, 7) is 1.93. The van der Waals surface area contributed by atoms with Crippen LogP contribution in [0.1, 0.15) is 15.9 Å². The van der Waals surface area contributed by atoms with Crippen molar-refractivity contribution in [1.29, 1.82) is 0 Å². The molecule has 5 aromatic rings. The predicted molar refractivity (Wildman–Crippen MR) is 165 cm³/mol. The average molecular weight is 579 g/mol. The summed E-state index contributed by atoms with van der Waals surface area (Å²) in [7, 11) is -2.97. The van der Waals surface area contributed by atoms with E-state index in [0.717, 1.165) is 40.1 Å². The fraction of sp³-hybridized carbons (Fsp3) is 0.0606. The third-order valence-electron chi connectivity index (χ3n) is 6.74. The largest absolute Gasteiger partial charge is 0.744 e. The molecule has 0 aliphatic carbocycles. The van der Waals surface area contributed by atoms with Crippen molar-refractivity contribution >= 4 is 55.8 Å². The highest BCUT2D eigenvalue weighted by molar-refractivity contribution is 7.85. The molecule has 0 spiro atoms. The number of aryl methyl sites for hydroxylation is 1. The second kappa shape index (κ2) is 12.3. The average Bonchev–Trinajstić information content (AvgIpc) is 3.00. The van der Waals surface area contributed by atoms with Crippen LogP contribution in [0.3, 0.4) is 0 Å². The number of rotatable bonds is 9. The molecule has 4 N–H and O–H groups in total. The first-order chi connectivity index (χ1) is 20.2. The summed E-state index contributed by atoms with van der Waals surface area (Å²) in [5.74, 6) is -0.623. The van der Waals surface area contributed by atoms with E-state index < -0.39 is 20.9 Å². The zero-order chi connectivity index (χ0) is 29.7. The number of nitrogens with zero attached hydrogens (tertiary/aromatic N) is 1. The van der Waals surface area contributed by atoms with Gasteiger partial charge < -0.3 is 15.2 Å². The third kappa shape index (κ3) is 6.67. The second-order valence-corrected chi connectivity index (χ2v) is 11.1. The number of hydrogen-bond donors (Lipinski definition) is 3. The standard InChI is InChI=1S/C33H30N4O4S/c1-23-7-19-29(20-8-23)37(33(38)31-5-3-4-6-32(31)42(39,40)41)30-21-17-28(18-22-30)36-27-15-13-26(14-16-27)35-25-11-9-24(34-2)10-12-25/h3-22,34-36H,1-2H3,(H,39,40,41). The lowest BCUT2D eigenvalue weighted by Gasteiger charge is -2.25. The lowest BCUT2D eigenvalue weighted by Crippen LogP contribution is -2.70. The molecule has 0 fully saturated rings. The first kappa shape index (κ1) is 28.6. The number of nitrogens with two attached hydrogens (primary N) is 1. The molecule has 0 heterocycles. The lowest BCUT2D eigenvalue weighted by molar-refractivity contribution is -0.478. The molecule has 0 aliphatic rings. The third-order valence-corrected chi connectivity index (χ3v) is 7.63. The van der Waals surface area contributed by atoms with Gasteiger partial charge in [-0.25, -0.2) is 8.42 Å². The lowest BCUT2D eigenvalue weighted by atomic mass is 10.1. The van der Waals surface area contributed by atoms with Gasteiger partial charge in [-0.2, -0.15) is 0 Å². The Kier molecular flexibility index (Phi) is 8.35. The minimum absolute atomic E-state index is 0.190. The van der Waals surface area contributed by atoms with Crippen molar-refractivity contribution < 1.29 is 23.1 Å². The van der Waals surface area contributed by atoms with Gasteiger partial charge in [0.15, 0.2) is 0 Å². The normalized spacial score (nSPS) is 11.1. The molecule has 0 atom stereocenters. The Hall–Kier alpha value is -4.96. The first-order valence-corrected chi connectivity index (χ1v) is 14.7. The van der Waals surface area contributed by atoms with Gasteiger partial charge in [-0.05, 0) is 79.7 Å². The summed E-state index contributed by atoms with van der Waals surface area (Å²) in [4.78, 5) is 14.6. The number of nitrogens with one attached hydrogen (secondary N) is 2. The number of carbonyl (C=O) groups is 1. The van der Waals surface area contributed by atoms with Crippen molar-refractivity contribution in [3.63, 3.8) is 0 Å². The zero-order valence-electron chi connectivity index (χ0n) is 23.1. The van der Waals surface area contributed by atoms with E-state index >= 15 is 0 Å². The van der Waals surface area contributed by atoms with Gasteiger partial charge >= 0.3 is 0 Å². The molecule has 0 radical (unpaired) electrons. The quantitative estimate of drug-likeness (QED) is 0.142. The summed E-state index contributed by atoms with van der Waals surface area (Å²) >= 11 is 0. The van der Waals surface area contributed by atoms with E-state index in [0.29, 0.717) is 11.4 Å². The van der Waals surface area contributed by atoms with Gasteiger partial charge in [0.05, 0.1) is 10.5 Å². The highest BCUT2D eigenvalue weighted by Gasteiger charge is 2.24. The number of hydrogen-bond acceptors (Lipinski definition) is 6. The SMILES string of the molecule is CNc1ccc([NH2+]c2ccc(Nc3ccc(N(C(=O)c4ccccc4S(=O)(=O)[O-])c4ccc(C)cc4)cc3)cc2)cc1. The van der Waals surface area contributed by atoms with Crippen LogP contribution in [0.4, 0.5) is 39.8 Å². The monoisotopic (exact) mass is 578 g/mol. The van der Waals surface area contributed by atoms with Gasteiger partial charge in [-0.15, -0.1) is 0 Å². The van der Waals surface area contributed by atoms with Gasteiger partial charge in [-0.3, -0.25) is 15.0 Å². The van der Waals surface area contributed by atoms with Crippen LogP contribution >= 0.6 is 0 Å². The number of amides is 1. The van der Waals surface area contributed by atoms with Gasteiger partial charge in [-0.1, -0.05) is 29.8 Å². The molecule has 42 heavy (non-hydrogen) atoms. The van der Waals surface area contributed by atoms with Crippen molar-refractivity contribution in [2.24, 2.45) is 0 Å². The minimum Gasteiger partial charge on any atom is -0.744 e. The van der Waals surface area contributed by atoms with Crippen molar-refractivity contribution in [2.45, 2.75) is 11.8 Å². The maximum atomic E-state index is 13.8. The van der Waals surface area contributed by atoms with Crippen LogP contribution < -0.4 is 20.9 Å². The predicted octanol–water partition coefficient (Wildman–Crippen LogP) is 6.19. The smallest absolute Gasteiger partial charge is 0.264 e. The van der Waals surface area contributed by atoms with Crippen LogP contribution in [0.2, 0.25) is 0 Å².